The predicted octanol–water partition coefficient (Wildman–Crippen LogP) is 3.55. The normalized spacial score (nSPS) is 11.8. The molecule has 3 aromatic rings. The number of rotatable bonds is 5. The molecule has 2 heterocycles. The number of nitrogens with one attached hydrogen (secondary N) is 2. The Hall–Kier alpha value is -2.52. The smallest absolute Gasteiger partial charge is 0.256 e. The molecule has 0 fully saturated rings. The maximum Gasteiger partial charge on any atom is 0.256 e. The van der Waals surface area contributed by atoms with Crippen LogP contribution in [0.25, 0.3) is 0 Å². The van der Waals surface area contributed by atoms with Crippen LogP contribution in [0.5, 0.6) is 0 Å². The molecule has 0 bridgehead atoms. The number of thiophene rings is 1. The zero-order chi connectivity index (χ0) is 17.8. The van der Waals surface area contributed by atoms with Crippen molar-refractivity contribution < 1.29 is 9.59 Å². The van der Waals surface area contributed by atoms with E-state index in [1.807, 2.05) is 0 Å². The van der Waals surface area contributed by atoms with Crippen LogP contribution in [0.1, 0.15) is 23.3 Å². The average Bonchev–Trinajstić information content (AvgIpc) is 3.27. The number of hydrogen-bond donors (Lipinski definition) is 2. The van der Waals surface area contributed by atoms with Crippen LogP contribution in [0.15, 0.2) is 52.2 Å². The van der Waals surface area contributed by atoms with E-state index in [4.69, 9.17) is 0 Å². The van der Waals surface area contributed by atoms with Gasteiger partial charge in [-0.2, -0.15) is 5.10 Å². The Balaban J connectivity index is 1.60. The Morgan fingerprint density at radius 3 is 2.44 bits per heavy atom. The summed E-state index contributed by atoms with van der Waals surface area (Å²) in [5, 5.41) is 11.3. The van der Waals surface area contributed by atoms with Gasteiger partial charge in [0.1, 0.15) is 18.7 Å². The van der Waals surface area contributed by atoms with Gasteiger partial charge in [-0.15, -0.1) is 11.3 Å². The predicted molar refractivity (Wildman–Crippen MR) is 99.8 cm³/mol. The van der Waals surface area contributed by atoms with Crippen molar-refractivity contribution in [2.24, 2.45) is 0 Å². The maximum atomic E-state index is 12.2. The molecule has 2 N–H and O–H groups in total. The lowest BCUT2D eigenvalue weighted by Gasteiger charge is -2.12. The molecular weight excluding hydrogens is 406 g/mol. The molecule has 2 aromatic heterocycles. The van der Waals surface area contributed by atoms with Gasteiger partial charge >= 0.3 is 0 Å². The van der Waals surface area contributed by atoms with Crippen LogP contribution in [0.2, 0.25) is 0 Å². The molecule has 0 aliphatic heterocycles. The van der Waals surface area contributed by atoms with E-state index in [9.17, 15) is 9.59 Å². The molecule has 0 spiro atoms. The van der Waals surface area contributed by atoms with E-state index in [0.717, 1.165) is 3.79 Å². The number of aromatic nitrogens is 3. The van der Waals surface area contributed by atoms with Crippen molar-refractivity contribution in [2.75, 3.05) is 10.6 Å². The molecule has 1 atom stereocenters. The Bertz CT molecular complexity index is 876. The molecule has 9 heteroatoms. The highest BCUT2D eigenvalue weighted by Crippen LogP contribution is 2.22. The molecular formula is C16H14BrN5O2S. The average molecular weight is 420 g/mol. The van der Waals surface area contributed by atoms with Gasteiger partial charge in [-0.25, -0.2) is 9.67 Å². The fourth-order valence-corrected chi connectivity index (χ4v) is 3.19. The zero-order valence-electron chi connectivity index (χ0n) is 13.1. The molecule has 7 nitrogen and oxygen atoms in total. The number of amides is 2. The summed E-state index contributed by atoms with van der Waals surface area (Å²) in [6, 6.07) is 8.21. The van der Waals surface area contributed by atoms with Gasteiger partial charge in [-0.3, -0.25) is 9.59 Å². The molecule has 1 unspecified atom stereocenters. The minimum atomic E-state index is -0.473. The van der Waals surface area contributed by atoms with Crippen molar-refractivity contribution in [3.8, 4) is 0 Å². The van der Waals surface area contributed by atoms with Gasteiger partial charge in [0.15, 0.2) is 0 Å². The second kappa shape index (κ2) is 7.58. The molecule has 0 radical (unpaired) electrons. The molecule has 25 heavy (non-hydrogen) atoms. The van der Waals surface area contributed by atoms with Crippen molar-refractivity contribution in [3.63, 3.8) is 0 Å². The summed E-state index contributed by atoms with van der Waals surface area (Å²) in [7, 11) is 0. The third-order valence-corrected chi connectivity index (χ3v) is 4.96. The molecule has 0 aliphatic carbocycles. The van der Waals surface area contributed by atoms with E-state index in [-0.39, 0.29) is 11.8 Å². The highest BCUT2D eigenvalue weighted by molar-refractivity contribution is 9.11. The second-order valence-corrected chi connectivity index (χ2v) is 7.50. The van der Waals surface area contributed by atoms with Gasteiger partial charge in [-0.1, -0.05) is 0 Å². The first-order chi connectivity index (χ1) is 12.0. The number of carbonyl (C=O) groups excluding carboxylic acids is 2. The number of halogens is 1. The van der Waals surface area contributed by atoms with Crippen molar-refractivity contribution in [1.82, 2.24) is 14.8 Å². The summed E-state index contributed by atoms with van der Waals surface area (Å²) < 4.78 is 2.38. The van der Waals surface area contributed by atoms with E-state index in [1.165, 1.54) is 28.7 Å². The minimum Gasteiger partial charge on any atom is -0.324 e. The first-order valence-corrected chi connectivity index (χ1v) is 9.00. The highest BCUT2D eigenvalue weighted by atomic mass is 79.9. The topological polar surface area (TPSA) is 88.9 Å². The molecule has 0 saturated carbocycles. The van der Waals surface area contributed by atoms with E-state index < -0.39 is 6.04 Å². The van der Waals surface area contributed by atoms with Gasteiger partial charge in [0.05, 0.1) is 9.35 Å². The summed E-state index contributed by atoms with van der Waals surface area (Å²) in [6.45, 7) is 1.73. The van der Waals surface area contributed by atoms with Crippen LogP contribution in [-0.4, -0.2) is 26.6 Å². The molecule has 2 amide bonds. The lowest BCUT2D eigenvalue weighted by Crippen LogP contribution is -2.24. The Morgan fingerprint density at radius 1 is 1.20 bits per heavy atom. The first-order valence-electron chi connectivity index (χ1n) is 7.33. The Kier molecular flexibility index (Phi) is 5.25. The molecule has 1 aromatic carbocycles. The first kappa shape index (κ1) is 17.3. The monoisotopic (exact) mass is 419 g/mol. The van der Waals surface area contributed by atoms with Crippen molar-refractivity contribution in [1.29, 1.82) is 0 Å². The molecule has 0 aliphatic rings. The quantitative estimate of drug-likeness (QED) is 0.661. The zero-order valence-corrected chi connectivity index (χ0v) is 15.5. The largest absolute Gasteiger partial charge is 0.324 e. The fraction of sp³-hybridized carbons (Fsp3) is 0.125. The van der Waals surface area contributed by atoms with Crippen molar-refractivity contribution in [3.05, 3.63) is 57.7 Å². The SMILES string of the molecule is CC(C(=O)Nc1ccc(NC(=O)c2csc(Br)c2)cc1)n1cncn1. The molecule has 128 valence electrons. The number of hydrogen-bond acceptors (Lipinski definition) is 5. The number of anilines is 2. The number of benzene rings is 1. The lowest BCUT2D eigenvalue weighted by atomic mass is 10.2. The Morgan fingerprint density at radius 2 is 1.88 bits per heavy atom. The maximum absolute atomic E-state index is 12.2. The number of carbonyl (C=O) groups is 2. The molecule has 3 rings (SSSR count). The van der Waals surface area contributed by atoms with Gasteiger partial charge in [0, 0.05) is 16.8 Å². The summed E-state index contributed by atoms with van der Waals surface area (Å²) in [4.78, 5) is 28.1. The third kappa shape index (κ3) is 4.31. The Labute approximate surface area is 156 Å². The van der Waals surface area contributed by atoms with E-state index >= 15 is 0 Å². The van der Waals surface area contributed by atoms with E-state index in [0.29, 0.717) is 16.9 Å². The standard InChI is InChI=1S/C16H14BrN5O2S/c1-10(22-9-18-8-19-22)15(23)20-12-2-4-13(5-3-12)21-16(24)11-6-14(17)25-7-11/h2-10H,1H3,(H,20,23)(H,21,24). The van der Waals surface area contributed by atoms with Crippen LogP contribution in [0.4, 0.5) is 11.4 Å². The van der Waals surface area contributed by atoms with Gasteiger partial charge in [-0.05, 0) is 53.2 Å². The van der Waals surface area contributed by atoms with Crippen LogP contribution in [-0.2, 0) is 4.79 Å². The summed E-state index contributed by atoms with van der Waals surface area (Å²) in [5.74, 6) is -0.385. The summed E-state index contributed by atoms with van der Waals surface area (Å²) >= 11 is 4.78. The van der Waals surface area contributed by atoms with Crippen LogP contribution >= 0.6 is 27.3 Å². The van der Waals surface area contributed by atoms with Gasteiger partial charge in [0.25, 0.3) is 5.91 Å². The second-order valence-electron chi connectivity index (χ2n) is 5.21. The van der Waals surface area contributed by atoms with Gasteiger partial charge in [0.2, 0.25) is 5.91 Å². The van der Waals surface area contributed by atoms with Crippen molar-refractivity contribution >= 4 is 50.5 Å². The summed E-state index contributed by atoms with van der Waals surface area (Å²) in [5.41, 5.74) is 1.87. The van der Waals surface area contributed by atoms with Gasteiger partial charge < -0.3 is 10.6 Å². The fourth-order valence-electron chi connectivity index (χ4n) is 2.05. The highest BCUT2D eigenvalue weighted by Gasteiger charge is 2.15. The minimum absolute atomic E-state index is 0.182. The van der Waals surface area contributed by atoms with Crippen LogP contribution in [0.3, 0.4) is 0 Å². The van der Waals surface area contributed by atoms with E-state index in [1.54, 1.807) is 42.6 Å². The molecule has 0 saturated heterocycles. The van der Waals surface area contributed by atoms with E-state index in [2.05, 4.69) is 36.6 Å². The van der Waals surface area contributed by atoms with Crippen LogP contribution in [0, 0.1) is 0 Å². The lowest BCUT2D eigenvalue weighted by molar-refractivity contribution is -0.119. The number of nitrogens with zero attached hydrogens (tertiary/aromatic N) is 3. The van der Waals surface area contributed by atoms with Crippen molar-refractivity contribution in [2.45, 2.75) is 13.0 Å². The third-order valence-electron chi connectivity index (χ3n) is 3.45. The summed E-state index contributed by atoms with van der Waals surface area (Å²) in [6.07, 6.45) is 2.87. The van der Waals surface area contributed by atoms with Crippen LogP contribution < -0.4 is 10.6 Å².